The molecule has 5 heteroatoms. The average Bonchev–Trinajstić information content (AvgIpc) is 2.89. The summed E-state index contributed by atoms with van der Waals surface area (Å²) in [7, 11) is -1.04. The van der Waals surface area contributed by atoms with Crippen molar-refractivity contribution < 1.29 is 18.8 Å². The molecular weight excluding hydrogens is 300 g/mol. The van der Waals surface area contributed by atoms with Gasteiger partial charge in [0.1, 0.15) is 12.4 Å². The fourth-order valence-electron chi connectivity index (χ4n) is 2.43. The lowest BCUT2D eigenvalue weighted by molar-refractivity contribution is -0.133. The Bertz CT molecular complexity index is 791. The summed E-state index contributed by atoms with van der Waals surface area (Å²) in [5, 5.41) is 9.61. The highest BCUT2D eigenvalue weighted by Crippen LogP contribution is 2.34. The number of hydrogen-bond donors (Lipinski definition) is 1. The first kappa shape index (κ1) is 14.5. The smallest absolute Gasteiger partial charge is 0.339 e. The normalized spacial score (nSPS) is 15.8. The highest BCUT2D eigenvalue weighted by atomic mass is 32.2. The molecule has 22 heavy (non-hydrogen) atoms. The molecule has 1 aliphatic heterocycles. The predicted molar refractivity (Wildman–Crippen MR) is 84.7 cm³/mol. The first-order chi connectivity index (χ1) is 10.6. The summed E-state index contributed by atoms with van der Waals surface area (Å²) in [6.45, 7) is 0.193. The van der Waals surface area contributed by atoms with Crippen molar-refractivity contribution in [2.75, 3.05) is 12.9 Å². The molecule has 0 fully saturated rings. The first-order valence-corrected chi connectivity index (χ1v) is 8.25. The molecule has 0 spiro atoms. The van der Waals surface area contributed by atoms with Crippen molar-refractivity contribution in [2.24, 2.45) is 0 Å². The van der Waals surface area contributed by atoms with Gasteiger partial charge >= 0.3 is 5.97 Å². The average molecular weight is 314 g/mol. The van der Waals surface area contributed by atoms with Crippen molar-refractivity contribution in [3.05, 3.63) is 59.7 Å². The third-order valence-corrected chi connectivity index (χ3v) is 4.46. The summed E-state index contributed by atoms with van der Waals surface area (Å²) in [5.41, 5.74) is 2.70. The highest BCUT2D eigenvalue weighted by Gasteiger charge is 2.27. The largest absolute Gasteiger partial charge is 0.508 e. The first-order valence-electron chi connectivity index (χ1n) is 6.70. The second kappa shape index (κ2) is 5.77. The van der Waals surface area contributed by atoms with Crippen LogP contribution in [0.15, 0.2) is 53.4 Å². The minimum atomic E-state index is -1.04. The van der Waals surface area contributed by atoms with Gasteiger partial charge in [-0.15, -0.1) is 0 Å². The van der Waals surface area contributed by atoms with Gasteiger partial charge in [0.05, 0.1) is 5.57 Å². The van der Waals surface area contributed by atoms with Gasteiger partial charge in [-0.05, 0) is 35.4 Å². The Labute approximate surface area is 130 Å². The number of aromatic hydroxyl groups is 1. The van der Waals surface area contributed by atoms with Crippen molar-refractivity contribution in [3.8, 4) is 5.75 Å². The number of cyclic esters (lactones) is 1. The molecule has 112 valence electrons. The van der Waals surface area contributed by atoms with Crippen LogP contribution in [0.2, 0.25) is 0 Å². The van der Waals surface area contributed by atoms with Crippen LogP contribution >= 0.6 is 0 Å². The number of hydrogen-bond acceptors (Lipinski definition) is 4. The molecule has 3 rings (SSSR count). The minimum absolute atomic E-state index is 0.0979. The molecule has 4 nitrogen and oxygen atoms in total. The SMILES string of the molecule is CS(=O)c1ccc(C2=C(c3cccc(O)c3)C(=O)OC2)cc1. The van der Waals surface area contributed by atoms with E-state index in [0.717, 1.165) is 16.0 Å². The van der Waals surface area contributed by atoms with E-state index >= 15 is 0 Å². The van der Waals surface area contributed by atoms with Gasteiger partial charge in [0.15, 0.2) is 0 Å². The van der Waals surface area contributed by atoms with Crippen molar-refractivity contribution in [3.63, 3.8) is 0 Å². The van der Waals surface area contributed by atoms with Crippen molar-refractivity contribution in [1.29, 1.82) is 0 Å². The number of esters is 1. The fraction of sp³-hybridized carbons (Fsp3) is 0.118. The Morgan fingerprint density at radius 3 is 2.45 bits per heavy atom. The predicted octanol–water partition coefficient (Wildman–Crippen LogP) is 2.60. The standard InChI is InChI=1S/C17H14O4S/c1-22(20)14-7-5-11(6-8-14)15-10-21-17(19)16(15)12-3-2-4-13(18)9-12/h2-9,18H,10H2,1H3. The van der Waals surface area contributed by atoms with Gasteiger partial charge in [-0.3, -0.25) is 4.21 Å². The van der Waals surface area contributed by atoms with E-state index in [2.05, 4.69) is 0 Å². The molecular formula is C17H14O4S. The summed E-state index contributed by atoms with van der Waals surface area (Å²) in [6.07, 6.45) is 1.62. The Balaban J connectivity index is 2.09. The molecule has 0 saturated carbocycles. The number of phenolic OH excluding ortho intramolecular Hbond substituents is 1. The van der Waals surface area contributed by atoms with Crippen LogP contribution in [0.25, 0.3) is 11.1 Å². The highest BCUT2D eigenvalue weighted by molar-refractivity contribution is 7.84. The fourth-order valence-corrected chi connectivity index (χ4v) is 2.95. The van der Waals surface area contributed by atoms with Gasteiger partial charge in [0.2, 0.25) is 0 Å². The molecule has 2 aromatic carbocycles. The molecule has 0 aromatic heterocycles. The number of rotatable bonds is 3. The van der Waals surface area contributed by atoms with Gasteiger partial charge in [-0.2, -0.15) is 0 Å². The van der Waals surface area contributed by atoms with Gasteiger partial charge < -0.3 is 9.84 Å². The summed E-state index contributed by atoms with van der Waals surface area (Å²) in [6, 6.07) is 13.8. The van der Waals surface area contributed by atoms with Crippen LogP contribution in [0, 0.1) is 0 Å². The second-order valence-electron chi connectivity index (χ2n) is 4.96. The van der Waals surface area contributed by atoms with Crippen molar-refractivity contribution in [1.82, 2.24) is 0 Å². The Kier molecular flexibility index (Phi) is 3.81. The molecule has 1 N–H and O–H groups in total. The zero-order valence-corrected chi connectivity index (χ0v) is 12.7. The monoisotopic (exact) mass is 314 g/mol. The topological polar surface area (TPSA) is 63.6 Å². The maximum Gasteiger partial charge on any atom is 0.339 e. The summed E-state index contributed by atoms with van der Waals surface area (Å²) in [4.78, 5) is 12.8. The number of carbonyl (C=O) groups excluding carboxylic acids is 1. The van der Waals surface area contributed by atoms with E-state index in [0.29, 0.717) is 11.1 Å². The van der Waals surface area contributed by atoms with E-state index in [9.17, 15) is 14.1 Å². The second-order valence-corrected chi connectivity index (χ2v) is 6.34. The molecule has 1 atom stereocenters. The number of ether oxygens (including phenoxy) is 1. The Morgan fingerprint density at radius 2 is 1.82 bits per heavy atom. The Hall–Kier alpha value is -2.40. The van der Waals surface area contributed by atoms with Crippen LogP contribution in [-0.2, 0) is 20.3 Å². The minimum Gasteiger partial charge on any atom is -0.508 e. The molecule has 2 aromatic rings. The third kappa shape index (κ3) is 2.67. The van der Waals surface area contributed by atoms with Crippen LogP contribution < -0.4 is 0 Å². The van der Waals surface area contributed by atoms with E-state index < -0.39 is 16.8 Å². The molecule has 0 amide bonds. The number of phenols is 1. The zero-order valence-electron chi connectivity index (χ0n) is 11.9. The van der Waals surface area contributed by atoms with Crippen LogP contribution in [0.3, 0.4) is 0 Å². The maximum atomic E-state index is 12.0. The van der Waals surface area contributed by atoms with Crippen LogP contribution in [0.1, 0.15) is 11.1 Å². The van der Waals surface area contributed by atoms with Gasteiger partial charge in [-0.25, -0.2) is 4.79 Å². The van der Waals surface area contributed by atoms with E-state index in [1.54, 1.807) is 36.6 Å². The van der Waals surface area contributed by atoms with Gasteiger partial charge in [0, 0.05) is 27.5 Å². The summed E-state index contributed by atoms with van der Waals surface area (Å²) >= 11 is 0. The molecule has 1 aliphatic rings. The zero-order chi connectivity index (χ0) is 15.7. The molecule has 0 aliphatic carbocycles. The number of benzene rings is 2. The van der Waals surface area contributed by atoms with E-state index in [1.165, 1.54) is 6.07 Å². The third-order valence-electron chi connectivity index (χ3n) is 3.52. The van der Waals surface area contributed by atoms with Crippen molar-refractivity contribution in [2.45, 2.75) is 4.90 Å². The lowest BCUT2D eigenvalue weighted by Crippen LogP contribution is -1.98. The molecule has 1 heterocycles. The quantitative estimate of drug-likeness (QED) is 0.885. The van der Waals surface area contributed by atoms with Crippen LogP contribution in [-0.4, -0.2) is 28.1 Å². The molecule has 0 radical (unpaired) electrons. The lowest BCUT2D eigenvalue weighted by Gasteiger charge is -2.06. The van der Waals surface area contributed by atoms with Crippen molar-refractivity contribution >= 4 is 27.9 Å². The van der Waals surface area contributed by atoms with Gasteiger partial charge in [0.25, 0.3) is 0 Å². The summed E-state index contributed by atoms with van der Waals surface area (Å²) in [5.74, 6) is -0.301. The Morgan fingerprint density at radius 1 is 1.09 bits per heavy atom. The van der Waals surface area contributed by atoms with Gasteiger partial charge in [-0.1, -0.05) is 24.3 Å². The lowest BCUT2D eigenvalue weighted by atomic mass is 9.96. The van der Waals surface area contributed by atoms with E-state index in [-0.39, 0.29) is 12.4 Å². The molecule has 0 saturated heterocycles. The summed E-state index contributed by atoms with van der Waals surface area (Å²) < 4.78 is 16.6. The van der Waals surface area contributed by atoms with Crippen LogP contribution in [0.5, 0.6) is 5.75 Å². The maximum absolute atomic E-state index is 12.0. The number of carbonyl (C=O) groups is 1. The molecule has 0 bridgehead atoms. The van der Waals surface area contributed by atoms with E-state index in [1.807, 2.05) is 12.1 Å². The van der Waals surface area contributed by atoms with E-state index in [4.69, 9.17) is 4.74 Å². The molecule has 1 unspecified atom stereocenters. The van der Waals surface area contributed by atoms with Crippen LogP contribution in [0.4, 0.5) is 0 Å².